The molecule has 0 saturated carbocycles. The zero-order valence-corrected chi connectivity index (χ0v) is 23.4. The molecule has 1 aromatic heterocycles. The Kier molecular flexibility index (Phi) is 11.8. The second-order valence-electron chi connectivity index (χ2n) is 6.80. The van der Waals surface area contributed by atoms with Crippen LogP contribution in [0.15, 0.2) is 27.9 Å². The Morgan fingerprint density at radius 3 is 2.84 bits per heavy atom. The van der Waals surface area contributed by atoms with Gasteiger partial charge in [0.2, 0.25) is 5.91 Å². The fourth-order valence-corrected chi connectivity index (χ4v) is 5.17. The molecule has 7 nitrogen and oxygen atoms in total. The second kappa shape index (κ2) is 13.2. The second-order valence-corrected chi connectivity index (χ2v) is 9.74. The summed E-state index contributed by atoms with van der Waals surface area (Å²) in [6.45, 7) is 4.60. The molecule has 0 bridgehead atoms. The maximum absolute atomic E-state index is 12.1. The number of hydrogen-bond acceptors (Lipinski definition) is 8. The summed E-state index contributed by atoms with van der Waals surface area (Å²) in [5.41, 5.74) is 1.49. The number of carboxylic acid groups (broad SMARTS) is 1. The third-order valence-corrected chi connectivity index (χ3v) is 7.19. The normalized spacial score (nSPS) is 16.5. The van der Waals surface area contributed by atoms with E-state index in [1.165, 1.54) is 30.2 Å². The molecule has 2 aromatic rings. The third-order valence-electron chi connectivity index (χ3n) is 4.38. The molecule has 1 amide bonds. The van der Waals surface area contributed by atoms with Crippen LogP contribution in [0.4, 0.5) is 0 Å². The van der Waals surface area contributed by atoms with Crippen LogP contribution in [0.25, 0.3) is 0 Å². The van der Waals surface area contributed by atoms with Crippen LogP contribution >= 0.6 is 46.5 Å². The molecule has 0 radical (unpaired) electrons. The molecule has 1 atom stereocenters. The number of amides is 1. The Morgan fingerprint density at radius 2 is 2.16 bits per heavy atom. The molecule has 1 aliphatic heterocycles. The predicted molar refractivity (Wildman–Crippen MR) is 116 cm³/mol. The standard InChI is InChI=1S/C19H21Cl2N3O4S2.K/c1-12(25)24(30-19-22-14(11-29-19)7-18(26)27)10-15-9-23(4-5-28-15)8-13-2-3-16(20)17(21)6-13;/h2-3,6,11,15H,4-5,7-10H2,1H3,(H,26,27);/q;+1/p-1/t15-;/m0./s1. The van der Waals surface area contributed by atoms with E-state index in [0.29, 0.717) is 46.3 Å². The first-order valence-electron chi connectivity index (χ1n) is 9.18. The number of ether oxygens (including phenoxy) is 1. The summed E-state index contributed by atoms with van der Waals surface area (Å²) in [5, 5.41) is 13.4. The number of carboxylic acids is 1. The molecule has 0 spiro atoms. The number of aromatic nitrogens is 1. The van der Waals surface area contributed by atoms with Crippen LogP contribution in [-0.2, 0) is 27.3 Å². The van der Waals surface area contributed by atoms with Crippen molar-refractivity contribution >= 4 is 58.4 Å². The monoisotopic (exact) mass is 527 g/mol. The van der Waals surface area contributed by atoms with Gasteiger partial charge in [0.1, 0.15) is 0 Å². The van der Waals surface area contributed by atoms with Gasteiger partial charge >= 0.3 is 51.4 Å². The van der Waals surface area contributed by atoms with Crippen LogP contribution in [0.1, 0.15) is 18.2 Å². The molecule has 12 heteroatoms. The minimum Gasteiger partial charge on any atom is -0.550 e. The Morgan fingerprint density at radius 1 is 1.39 bits per heavy atom. The van der Waals surface area contributed by atoms with E-state index in [4.69, 9.17) is 27.9 Å². The fraction of sp³-hybridized carbons (Fsp3) is 0.421. The van der Waals surface area contributed by atoms with Gasteiger partial charge in [0, 0.05) is 56.3 Å². The quantitative estimate of drug-likeness (QED) is 0.338. The van der Waals surface area contributed by atoms with Crippen LogP contribution in [0.5, 0.6) is 0 Å². The van der Waals surface area contributed by atoms with E-state index in [1.807, 2.05) is 12.1 Å². The molecule has 1 aliphatic rings. The van der Waals surface area contributed by atoms with Gasteiger partial charge < -0.3 is 14.6 Å². The molecule has 3 rings (SSSR count). The van der Waals surface area contributed by atoms with E-state index >= 15 is 0 Å². The third kappa shape index (κ3) is 8.86. The van der Waals surface area contributed by atoms with Gasteiger partial charge in [-0.2, -0.15) is 0 Å². The number of rotatable bonds is 8. The van der Waals surface area contributed by atoms with Gasteiger partial charge in [0.05, 0.1) is 35.0 Å². The van der Waals surface area contributed by atoms with E-state index in [1.54, 1.807) is 15.8 Å². The summed E-state index contributed by atoms with van der Waals surface area (Å²) in [5.74, 6) is -1.31. The Hall–Kier alpha value is 0.276. The van der Waals surface area contributed by atoms with Crippen LogP contribution < -0.4 is 56.5 Å². The van der Waals surface area contributed by atoms with Crippen LogP contribution in [0.2, 0.25) is 10.0 Å². The molecule has 0 unspecified atom stereocenters. The van der Waals surface area contributed by atoms with E-state index < -0.39 is 5.97 Å². The van der Waals surface area contributed by atoms with Gasteiger partial charge in [0.15, 0.2) is 4.34 Å². The number of carbonyl (C=O) groups excluding carboxylic acids is 2. The number of morpholine rings is 1. The van der Waals surface area contributed by atoms with Gasteiger partial charge in [-0.15, -0.1) is 11.3 Å². The van der Waals surface area contributed by atoms with Gasteiger partial charge in [0.25, 0.3) is 0 Å². The smallest absolute Gasteiger partial charge is 0.550 e. The van der Waals surface area contributed by atoms with Crippen molar-refractivity contribution in [3.05, 3.63) is 44.9 Å². The van der Waals surface area contributed by atoms with Crippen molar-refractivity contribution in [3.63, 3.8) is 0 Å². The topological polar surface area (TPSA) is 85.8 Å². The Labute approximate surface area is 242 Å². The largest absolute Gasteiger partial charge is 1.00 e. The van der Waals surface area contributed by atoms with Crippen LogP contribution in [0.3, 0.4) is 0 Å². The van der Waals surface area contributed by atoms with Crippen molar-refractivity contribution < 1.29 is 70.8 Å². The van der Waals surface area contributed by atoms with Crippen molar-refractivity contribution in [1.82, 2.24) is 14.2 Å². The maximum atomic E-state index is 12.1. The summed E-state index contributed by atoms with van der Waals surface area (Å²) < 4.78 is 8.06. The first-order valence-corrected chi connectivity index (χ1v) is 11.6. The molecule has 0 aliphatic carbocycles. The molecule has 1 saturated heterocycles. The first-order chi connectivity index (χ1) is 14.3. The molecule has 1 fully saturated rings. The minimum absolute atomic E-state index is 0. The van der Waals surface area contributed by atoms with Crippen LogP contribution in [-0.4, -0.2) is 58.4 Å². The number of aliphatic carboxylic acids is 1. The summed E-state index contributed by atoms with van der Waals surface area (Å²) in [6.07, 6.45) is -0.396. The molecule has 1 aromatic carbocycles. The maximum Gasteiger partial charge on any atom is 1.00 e. The molecule has 31 heavy (non-hydrogen) atoms. The zero-order chi connectivity index (χ0) is 21.7. The van der Waals surface area contributed by atoms with Crippen molar-refractivity contribution in [2.45, 2.75) is 30.3 Å². The molecule has 162 valence electrons. The fourth-order valence-electron chi connectivity index (χ4n) is 3.00. The van der Waals surface area contributed by atoms with Crippen molar-refractivity contribution in [2.75, 3.05) is 26.2 Å². The van der Waals surface area contributed by atoms with Gasteiger partial charge in [-0.1, -0.05) is 29.3 Å². The number of nitrogens with zero attached hydrogens (tertiary/aromatic N) is 3. The van der Waals surface area contributed by atoms with Gasteiger partial charge in [-0.3, -0.25) is 14.0 Å². The number of halogens is 2. The summed E-state index contributed by atoms with van der Waals surface area (Å²) >= 11 is 14.6. The summed E-state index contributed by atoms with van der Waals surface area (Å²) in [7, 11) is 0. The van der Waals surface area contributed by atoms with Gasteiger partial charge in [-0.25, -0.2) is 4.98 Å². The SMILES string of the molecule is CC(=O)N(C[C@@H]1CN(Cc2ccc(Cl)c(Cl)c2)CCO1)Sc1nc(CC(=O)[O-])cs1.[K+]. The van der Waals surface area contributed by atoms with Crippen LogP contribution in [0, 0.1) is 0 Å². The minimum atomic E-state index is -1.18. The zero-order valence-electron chi connectivity index (χ0n) is 17.2. The molecular weight excluding hydrogens is 508 g/mol. The average molecular weight is 529 g/mol. The number of carbonyl (C=O) groups is 2. The number of hydrogen-bond donors (Lipinski definition) is 0. The van der Waals surface area contributed by atoms with Crippen molar-refractivity contribution in [2.24, 2.45) is 0 Å². The number of benzene rings is 1. The Bertz CT molecular complexity index is 918. The van der Waals surface area contributed by atoms with E-state index in [2.05, 4.69) is 9.88 Å². The van der Waals surface area contributed by atoms with Crippen molar-refractivity contribution in [3.8, 4) is 0 Å². The van der Waals surface area contributed by atoms with E-state index in [0.717, 1.165) is 12.1 Å². The summed E-state index contributed by atoms with van der Waals surface area (Å²) in [4.78, 5) is 29.3. The molecule has 2 heterocycles. The Balaban J connectivity index is 0.00000341. The van der Waals surface area contributed by atoms with Gasteiger partial charge in [-0.05, 0) is 17.7 Å². The van der Waals surface area contributed by atoms with E-state index in [9.17, 15) is 14.7 Å². The predicted octanol–water partition coefficient (Wildman–Crippen LogP) is -0.497. The van der Waals surface area contributed by atoms with Crippen molar-refractivity contribution in [1.29, 1.82) is 0 Å². The number of thiazole rings is 1. The first kappa shape index (κ1) is 27.5. The average Bonchev–Trinajstić information content (AvgIpc) is 3.10. The summed E-state index contributed by atoms with van der Waals surface area (Å²) in [6, 6.07) is 5.59. The van der Waals surface area contributed by atoms with E-state index in [-0.39, 0.29) is 69.8 Å². The molecule has 0 N–H and O–H groups in total. The molecular formula is C19H20Cl2KN3O4S2.